The number of nitrogens with zero attached hydrogens (tertiary/aromatic N) is 3. The Balaban J connectivity index is 0.00000289. The molecule has 0 saturated heterocycles. The number of methoxy groups -OCH3 is 2. The first-order chi connectivity index (χ1) is 15.0. The van der Waals surface area contributed by atoms with Gasteiger partial charge in [0, 0.05) is 22.9 Å². The van der Waals surface area contributed by atoms with Crippen LogP contribution < -0.4 is 10.1 Å². The Labute approximate surface area is 194 Å². The van der Waals surface area contributed by atoms with E-state index in [0.29, 0.717) is 17.4 Å². The molecule has 1 N–H and O–H groups in total. The third-order valence-corrected chi connectivity index (χ3v) is 6.19. The number of carbonyl (C=O) groups is 1. The molecule has 0 radical (unpaired) electrons. The summed E-state index contributed by atoms with van der Waals surface area (Å²) in [6, 6.07) is 5.81. The van der Waals surface area contributed by atoms with Crippen LogP contribution in [-0.4, -0.2) is 40.8 Å². The fraction of sp³-hybridized carbons (Fsp3) is 0.458. The molecule has 1 aromatic carbocycles. The first-order valence-electron chi connectivity index (χ1n) is 11.0. The van der Waals surface area contributed by atoms with Gasteiger partial charge in [-0.25, -0.2) is 9.78 Å². The van der Waals surface area contributed by atoms with Crippen LogP contribution in [0.2, 0.25) is 0 Å². The minimum Gasteiger partial charge on any atom is -0.497 e. The second-order valence-electron chi connectivity index (χ2n) is 8.00. The second-order valence-corrected chi connectivity index (χ2v) is 8.00. The van der Waals surface area contributed by atoms with Gasteiger partial charge in [0.15, 0.2) is 5.65 Å². The molecule has 1 aliphatic rings. The van der Waals surface area contributed by atoms with Crippen LogP contribution in [0, 0.1) is 6.92 Å². The lowest BCUT2D eigenvalue weighted by Gasteiger charge is -2.20. The van der Waals surface area contributed by atoms with Crippen LogP contribution in [0.15, 0.2) is 18.2 Å². The lowest BCUT2D eigenvalue weighted by Crippen LogP contribution is -2.21. The molecule has 0 fully saturated rings. The van der Waals surface area contributed by atoms with Gasteiger partial charge in [0.25, 0.3) is 0 Å². The molecule has 1 aliphatic carbocycles. The molecule has 2 aromatic heterocycles. The predicted octanol–water partition coefficient (Wildman–Crippen LogP) is 5.01. The maximum Gasteiger partial charge on any atom is 0.338 e. The van der Waals surface area contributed by atoms with Crippen LogP contribution in [-0.2, 0) is 17.6 Å². The van der Waals surface area contributed by atoms with Crippen LogP contribution in [0.3, 0.4) is 0 Å². The van der Waals surface area contributed by atoms with Crippen molar-refractivity contribution in [3.63, 3.8) is 0 Å². The van der Waals surface area contributed by atoms with Crippen molar-refractivity contribution in [1.29, 1.82) is 0 Å². The molecule has 0 unspecified atom stereocenters. The molecule has 0 bridgehead atoms. The van der Waals surface area contributed by atoms with Gasteiger partial charge in [0.1, 0.15) is 11.6 Å². The van der Waals surface area contributed by atoms with Crippen molar-refractivity contribution in [2.24, 2.45) is 0 Å². The normalized spacial score (nSPS) is 12.6. The van der Waals surface area contributed by atoms with E-state index in [1.807, 2.05) is 23.6 Å². The number of aryl methyl sites for hydroxylation is 2. The quantitative estimate of drug-likeness (QED) is 0.501. The van der Waals surface area contributed by atoms with Crippen LogP contribution in [0.25, 0.3) is 16.8 Å². The Morgan fingerprint density at radius 3 is 2.62 bits per heavy atom. The lowest BCUT2D eigenvalue weighted by molar-refractivity contribution is 0.0601. The van der Waals surface area contributed by atoms with Crippen molar-refractivity contribution in [2.75, 3.05) is 19.5 Å². The zero-order valence-corrected chi connectivity index (χ0v) is 20.1. The fourth-order valence-electron chi connectivity index (χ4n) is 4.43. The van der Waals surface area contributed by atoms with E-state index >= 15 is 0 Å². The third kappa shape index (κ3) is 4.01. The van der Waals surface area contributed by atoms with E-state index in [9.17, 15) is 4.79 Å². The number of ether oxygens (including phenoxy) is 2. The highest BCUT2D eigenvalue weighted by atomic mass is 35.5. The highest BCUT2D eigenvalue weighted by Crippen LogP contribution is 2.37. The van der Waals surface area contributed by atoms with E-state index in [1.54, 1.807) is 13.2 Å². The summed E-state index contributed by atoms with van der Waals surface area (Å²) < 4.78 is 12.3. The Morgan fingerprint density at radius 1 is 1.22 bits per heavy atom. The number of carbonyl (C=O) groups excluding carboxylic acids is 1. The number of nitrogens with one attached hydrogen (secondary N) is 1. The predicted molar refractivity (Wildman–Crippen MR) is 128 cm³/mol. The molecule has 32 heavy (non-hydrogen) atoms. The second kappa shape index (κ2) is 9.77. The van der Waals surface area contributed by atoms with E-state index in [0.717, 1.165) is 66.1 Å². The summed E-state index contributed by atoms with van der Waals surface area (Å²) in [7, 11) is 2.97. The number of halogens is 1. The van der Waals surface area contributed by atoms with E-state index in [1.165, 1.54) is 12.7 Å². The number of fused-ring (bicyclic) bond motifs is 2. The average molecular weight is 459 g/mol. The van der Waals surface area contributed by atoms with E-state index in [2.05, 4.69) is 19.2 Å². The molecule has 0 aliphatic heterocycles. The van der Waals surface area contributed by atoms with Gasteiger partial charge in [-0.05, 0) is 57.2 Å². The first-order valence-corrected chi connectivity index (χ1v) is 11.0. The summed E-state index contributed by atoms with van der Waals surface area (Å²) >= 11 is 0. The van der Waals surface area contributed by atoms with Gasteiger partial charge < -0.3 is 14.8 Å². The van der Waals surface area contributed by atoms with Crippen LogP contribution >= 0.6 is 12.4 Å². The summed E-state index contributed by atoms with van der Waals surface area (Å²) in [5.74, 6) is 1.22. The number of hydrogen-bond donors (Lipinski definition) is 1. The molecule has 8 heteroatoms. The summed E-state index contributed by atoms with van der Waals surface area (Å²) in [5, 5.41) is 8.60. The number of benzene rings is 1. The maximum absolute atomic E-state index is 12.6. The molecule has 4 rings (SSSR count). The van der Waals surface area contributed by atoms with Crippen molar-refractivity contribution < 1.29 is 14.3 Å². The zero-order chi connectivity index (χ0) is 22.1. The fourth-order valence-corrected chi connectivity index (χ4v) is 4.43. The Kier molecular flexibility index (Phi) is 7.29. The third-order valence-electron chi connectivity index (χ3n) is 6.19. The van der Waals surface area contributed by atoms with E-state index in [4.69, 9.17) is 19.6 Å². The monoisotopic (exact) mass is 458 g/mol. The summed E-state index contributed by atoms with van der Waals surface area (Å²) in [5.41, 5.74) is 6.01. The van der Waals surface area contributed by atoms with E-state index < -0.39 is 5.97 Å². The van der Waals surface area contributed by atoms with Gasteiger partial charge >= 0.3 is 5.97 Å². The largest absolute Gasteiger partial charge is 0.497 e. The topological polar surface area (TPSA) is 77.8 Å². The summed E-state index contributed by atoms with van der Waals surface area (Å²) in [4.78, 5) is 17.6. The number of aromatic nitrogens is 3. The van der Waals surface area contributed by atoms with Gasteiger partial charge in [-0.1, -0.05) is 13.8 Å². The zero-order valence-electron chi connectivity index (χ0n) is 19.3. The van der Waals surface area contributed by atoms with Crippen molar-refractivity contribution in [3.05, 3.63) is 40.7 Å². The molecule has 3 aromatic rings. The van der Waals surface area contributed by atoms with Gasteiger partial charge in [-0.15, -0.1) is 12.4 Å². The smallest absolute Gasteiger partial charge is 0.338 e. The van der Waals surface area contributed by atoms with Gasteiger partial charge in [0.2, 0.25) is 0 Å². The van der Waals surface area contributed by atoms with Gasteiger partial charge in [-0.3, -0.25) is 0 Å². The highest BCUT2D eigenvalue weighted by Gasteiger charge is 2.27. The minimum absolute atomic E-state index is 0. The molecule has 0 spiro atoms. The number of anilines is 1. The van der Waals surface area contributed by atoms with Crippen molar-refractivity contribution in [2.45, 2.75) is 58.9 Å². The van der Waals surface area contributed by atoms with Crippen LogP contribution in [0.5, 0.6) is 5.75 Å². The molecule has 172 valence electrons. The molecule has 0 saturated carbocycles. The molecular formula is C24H31ClN4O3. The number of esters is 1. The maximum atomic E-state index is 12.6. The minimum atomic E-state index is -0.413. The summed E-state index contributed by atoms with van der Waals surface area (Å²) in [6.45, 7) is 6.35. The molecule has 0 amide bonds. The molecule has 7 nitrogen and oxygen atoms in total. The van der Waals surface area contributed by atoms with Crippen LogP contribution in [0.1, 0.15) is 60.4 Å². The van der Waals surface area contributed by atoms with Gasteiger partial charge in [0.05, 0.1) is 31.0 Å². The average Bonchev–Trinajstić information content (AvgIpc) is 3.39. The number of hydrogen-bond acceptors (Lipinski definition) is 6. The highest BCUT2D eigenvalue weighted by molar-refractivity contribution is 6.00. The Morgan fingerprint density at radius 2 is 1.97 bits per heavy atom. The molecule has 0 atom stereocenters. The SMILES string of the molecule is CCC(CC)Nc1c2c(nc3c(-c4ccc(OC)cc4C(=O)OC)c(C)nn13)CCC2.Cl. The molecule has 2 heterocycles. The molecular weight excluding hydrogens is 428 g/mol. The van der Waals surface area contributed by atoms with Crippen molar-refractivity contribution in [3.8, 4) is 16.9 Å². The van der Waals surface area contributed by atoms with Crippen molar-refractivity contribution in [1.82, 2.24) is 14.6 Å². The Hall–Kier alpha value is -2.80. The van der Waals surface area contributed by atoms with E-state index in [-0.39, 0.29) is 12.4 Å². The standard InChI is InChI=1S/C24H30N4O3.ClH/c1-6-15(7-2)25-22-18-9-8-10-20(18)26-23-21(14(3)27-28(22)23)17-12-11-16(30-4)13-19(17)24(29)31-5;/h11-13,15,25H,6-10H2,1-5H3;1H. The number of rotatable bonds is 7. The van der Waals surface area contributed by atoms with Crippen LogP contribution in [0.4, 0.5) is 5.82 Å². The van der Waals surface area contributed by atoms with Crippen molar-refractivity contribution >= 4 is 29.8 Å². The first kappa shape index (κ1) is 23.9. The van der Waals surface area contributed by atoms with Gasteiger partial charge in [-0.2, -0.15) is 9.61 Å². The summed E-state index contributed by atoms with van der Waals surface area (Å²) in [6.07, 6.45) is 5.13. The lowest BCUT2D eigenvalue weighted by atomic mass is 9.99. The Bertz CT molecular complexity index is 1140.